The molecule has 26 heavy (non-hydrogen) atoms. The lowest BCUT2D eigenvalue weighted by molar-refractivity contribution is 0.0266. The zero-order valence-electron chi connectivity index (χ0n) is 15.3. The molecule has 3 rings (SSSR count). The molecule has 0 bridgehead atoms. The van der Waals surface area contributed by atoms with Gasteiger partial charge in [0, 0.05) is 38.1 Å². The van der Waals surface area contributed by atoms with Gasteiger partial charge < -0.3 is 9.47 Å². The zero-order valence-corrected chi connectivity index (χ0v) is 15.3. The van der Waals surface area contributed by atoms with Gasteiger partial charge in [-0.15, -0.1) is 0 Å². The second-order valence-electron chi connectivity index (χ2n) is 6.69. The van der Waals surface area contributed by atoms with Gasteiger partial charge in [0.25, 0.3) is 0 Å². The predicted molar refractivity (Wildman–Crippen MR) is 97.7 cm³/mol. The van der Waals surface area contributed by atoms with E-state index < -0.39 is 0 Å². The molecule has 0 radical (unpaired) electrons. The summed E-state index contributed by atoms with van der Waals surface area (Å²) in [5.41, 5.74) is 2.65. The van der Waals surface area contributed by atoms with E-state index in [1.54, 1.807) is 12.4 Å². The Balaban J connectivity index is 1.54. The molecule has 1 fully saturated rings. The maximum atomic E-state index is 9.39. The number of pyridine rings is 2. The van der Waals surface area contributed by atoms with Gasteiger partial charge in [0.1, 0.15) is 11.6 Å². The number of aromatic nitrogens is 2. The highest BCUT2D eigenvalue weighted by molar-refractivity contribution is 5.44. The Morgan fingerprint density at radius 3 is 2.88 bits per heavy atom. The highest BCUT2D eigenvalue weighted by atomic mass is 16.5. The Morgan fingerprint density at radius 2 is 2.15 bits per heavy atom. The van der Waals surface area contributed by atoms with E-state index in [1.807, 2.05) is 18.3 Å². The zero-order chi connectivity index (χ0) is 18.4. The van der Waals surface area contributed by atoms with Gasteiger partial charge in [-0.3, -0.25) is 9.88 Å². The Bertz CT molecular complexity index is 760. The Hall–Kier alpha value is -2.49. The van der Waals surface area contributed by atoms with Crippen LogP contribution in [-0.4, -0.2) is 47.8 Å². The molecular formula is C20H24N4O2. The smallest absolute Gasteiger partial charge is 0.231 e. The summed E-state index contributed by atoms with van der Waals surface area (Å²) in [6.45, 7) is 1.74. The molecule has 6 heteroatoms. The number of hydrogen-bond acceptors (Lipinski definition) is 6. The molecule has 2 aromatic rings. The third kappa shape index (κ3) is 4.57. The van der Waals surface area contributed by atoms with Gasteiger partial charge in [0.15, 0.2) is 0 Å². The van der Waals surface area contributed by atoms with E-state index in [1.165, 1.54) is 12.7 Å². The molecule has 3 heterocycles. The molecule has 0 aromatic carbocycles. The van der Waals surface area contributed by atoms with E-state index in [2.05, 4.69) is 34.1 Å². The van der Waals surface area contributed by atoms with Crippen molar-refractivity contribution in [2.75, 3.05) is 20.7 Å². The molecule has 0 aliphatic carbocycles. The van der Waals surface area contributed by atoms with Gasteiger partial charge >= 0.3 is 0 Å². The first-order valence-corrected chi connectivity index (χ1v) is 8.84. The van der Waals surface area contributed by atoms with E-state index in [0.29, 0.717) is 17.9 Å². The molecule has 0 saturated carbocycles. The number of nitriles is 1. The summed E-state index contributed by atoms with van der Waals surface area (Å²) >= 11 is 0. The first kappa shape index (κ1) is 18.3. The Morgan fingerprint density at radius 1 is 1.31 bits per heavy atom. The van der Waals surface area contributed by atoms with E-state index in [9.17, 15) is 5.26 Å². The lowest BCUT2D eigenvalue weighted by Gasteiger charge is -2.21. The number of hydrogen-bond donors (Lipinski definition) is 0. The number of methoxy groups -OCH3 is 1. The first-order valence-electron chi connectivity index (χ1n) is 8.84. The van der Waals surface area contributed by atoms with Crippen molar-refractivity contribution in [1.82, 2.24) is 14.9 Å². The minimum atomic E-state index is 0.131. The first-order chi connectivity index (χ1) is 12.7. The van der Waals surface area contributed by atoms with Crippen molar-refractivity contribution in [2.45, 2.75) is 38.0 Å². The standard InChI is InChI=1S/C20H24N4O2/c1-24(13-15-4-3-8-22-12-15)14-18-6-5-17(26-18)10-16-7-9-23-20(25-2)19(16)11-21/h3-4,7-9,12,17-18H,5-6,10,13-14H2,1-2H3/t17-,18+/m0/s1. The van der Waals surface area contributed by atoms with Gasteiger partial charge in [-0.2, -0.15) is 5.26 Å². The molecule has 0 N–H and O–H groups in total. The van der Waals surface area contributed by atoms with Crippen molar-refractivity contribution >= 4 is 0 Å². The van der Waals surface area contributed by atoms with E-state index in [0.717, 1.165) is 31.5 Å². The average molecular weight is 352 g/mol. The van der Waals surface area contributed by atoms with Crippen LogP contribution in [0.4, 0.5) is 0 Å². The SMILES string of the molecule is COc1nccc(C[C@@H]2CC[C@H](CN(C)Cc3cccnc3)O2)c1C#N. The van der Waals surface area contributed by atoms with Crippen LogP contribution < -0.4 is 4.74 Å². The van der Waals surface area contributed by atoms with Gasteiger partial charge in [0.2, 0.25) is 5.88 Å². The van der Waals surface area contributed by atoms with Crippen LogP contribution in [0.2, 0.25) is 0 Å². The fourth-order valence-corrected chi connectivity index (χ4v) is 3.45. The summed E-state index contributed by atoms with van der Waals surface area (Å²) in [7, 11) is 3.64. The van der Waals surface area contributed by atoms with Crippen molar-refractivity contribution in [3.8, 4) is 11.9 Å². The average Bonchev–Trinajstić information content (AvgIpc) is 3.08. The monoisotopic (exact) mass is 352 g/mol. The molecule has 1 aliphatic heterocycles. The van der Waals surface area contributed by atoms with Gasteiger partial charge in [-0.1, -0.05) is 6.07 Å². The van der Waals surface area contributed by atoms with Crippen LogP contribution in [0.15, 0.2) is 36.8 Å². The highest BCUT2D eigenvalue weighted by Crippen LogP contribution is 2.27. The molecule has 0 spiro atoms. The topological polar surface area (TPSA) is 71.3 Å². The Kier molecular flexibility index (Phi) is 6.16. The van der Waals surface area contributed by atoms with Crippen LogP contribution in [0, 0.1) is 11.3 Å². The van der Waals surface area contributed by atoms with Crippen LogP contribution in [0.1, 0.15) is 29.5 Å². The maximum Gasteiger partial charge on any atom is 0.231 e. The molecule has 6 nitrogen and oxygen atoms in total. The predicted octanol–water partition coefficient (Wildman–Crippen LogP) is 2.58. The molecule has 0 amide bonds. The minimum Gasteiger partial charge on any atom is -0.480 e. The molecule has 0 unspecified atom stereocenters. The molecule has 2 atom stereocenters. The Labute approximate surface area is 154 Å². The van der Waals surface area contributed by atoms with Crippen molar-refractivity contribution < 1.29 is 9.47 Å². The number of nitrogens with zero attached hydrogens (tertiary/aromatic N) is 4. The quantitative estimate of drug-likeness (QED) is 0.763. The van der Waals surface area contributed by atoms with Crippen LogP contribution in [-0.2, 0) is 17.7 Å². The largest absolute Gasteiger partial charge is 0.480 e. The molecule has 1 saturated heterocycles. The number of rotatable bonds is 7. The third-order valence-corrected chi connectivity index (χ3v) is 4.64. The van der Waals surface area contributed by atoms with E-state index in [4.69, 9.17) is 9.47 Å². The van der Waals surface area contributed by atoms with Crippen molar-refractivity contribution in [1.29, 1.82) is 5.26 Å². The summed E-state index contributed by atoms with van der Waals surface area (Å²) in [5.74, 6) is 0.385. The van der Waals surface area contributed by atoms with Crippen LogP contribution in [0.5, 0.6) is 5.88 Å². The van der Waals surface area contributed by atoms with Gasteiger partial charge in [0.05, 0.1) is 19.3 Å². The summed E-state index contributed by atoms with van der Waals surface area (Å²) in [6, 6.07) is 8.13. The molecule has 1 aliphatic rings. The van der Waals surface area contributed by atoms with Crippen molar-refractivity contribution in [2.24, 2.45) is 0 Å². The fraction of sp³-hybridized carbons (Fsp3) is 0.450. The summed E-state index contributed by atoms with van der Waals surface area (Å²) < 4.78 is 11.4. The molecule has 2 aromatic heterocycles. The highest BCUT2D eigenvalue weighted by Gasteiger charge is 2.27. The fourth-order valence-electron chi connectivity index (χ4n) is 3.45. The lowest BCUT2D eigenvalue weighted by Crippen LogP contribution is -2.29. The van der Waals surface area contributed by atoms with Gasteiger partial charge in [-0.05, 0) is 43.1 Å². The summed E-state index contributed by atoms with van der Waals surface area (Å²) in [6.07, 6.45) is 8.47. The van der Waals surface area contributed by atoms with E-state index in [-0.39, 0.29) is 12.2 Å². The van der Waals surface area contributed by atoms with Crippen LogP contribution in [0.25, 0.3) is 0 Å². The number of ether oxygens (including phenoxy) is 2. The van der Waals surface area contributed by atoms with Crippen LogP contribution >= 0.6 is 0 Å². The maximum absolute atomic E-state index is 9.39. The second-order valence-corrected chi connectivity index (χ2v) is 6.69. The number of likely N-dealkylation sites (N-methyl/N-ethyl adjacent to an activating group) is 1. The second kappa shape index (κ2) is 8.75. The van der Waals surface area contributed by atoms with Gasteiger partial charge in [-0.25, -0.2) is 4.98 Å². The normalized spacial score (nSPS) is 19.5. The van der Waals surface area contributed by atoms with Crippen LogP contribution in [0.3, 0.4) is 0 Å². The van der Waals surface area contributed by atoms with Crippen molar-refractivity contribution in [3.63, 3.8) is 0 Å². The third-order valence-electron chi connectivity index (χ3n) is 4.64. The lowest BCUT2D eigenvalue weighted by atomic mass is 10.0. The molecular weight excluding hydrogens is 328 g/mol. The van der Waals surface area contributed by atoms with E-state index >= 15 is 0 Å². The summed E-state index contributed by atoms with van der Waals surface area (Å²) in [5, 5.41) is 9.39. The minimum absolute atomic E-state index is 0.131. The summed E-state index contributed by atoms with van der Waals surface area (Å²) in [4.78, 5) is 10.5. The van der Waals surface area contributed by atoms with Crippen molar-refractivity contribution in [3.05, 3.63) is 53.5 Å². The molecule has 136 valence electrons.